The molecule has 0 saturated heterocycles. The quantitative estimate of drug-likeness (QED) is 0.500. The van der Waals surface area contributed by atoms with Crippen molar-refractivity contribution in [2.45, 2.75) is 71.9 Å². The van der Waals surface area contributed by atoms with E-state index in [-0.39, 0.29) is 18.4 Å². The standard InChI is InChI=1S/C21H26F3N3O5/c1-19(2,3)31-17(29)13(18(30)32-20(4,5)6)10-11-27-16(28)12-8-7-9-14(21(22,23)24)15(12)25-26-27/h7-9,13H,10-11H2,1-6H3. The first-order chi connectivity index (χ1) is 14.5. The molecule has 1 heterocycles. The highest BCUT2D eigenvalue weighted by molar-refractivity contribution is 5.95. The fourth-order valence-corrected chi connectivity index (χ4v) is 2.81. The zero-order chi connectivity index (χ0) is 24.5. The van der Waals surface area contributed by atoms with Crippen LogP contribution in [0.5, 0.6) is 0 Å². The molecule has 176 valence electrons. The number of benzene rings is 1. The highest BCUT2D eigenvalue weighted by Gasteiger charge is 2.36. The number of aromatic nitrogens is 3. The van der Waals surface area contributed by atoms with Gasteiger partial charge in [0.1, 0.15) is 16.7 Å². The average molecular weight is 457 g/mol. The lowest BCUT2D eigenvalue weighted by molar-refractivity contribution is -0.175. The van der Waals surface area contributed by atoms with Crippen LogP contribution in [0, 0.1) is 5.92 Å². The first kappa shape index (κ1) is 25.3. The molecule has 0 N–H and O–H groups in total. The van der Waals surface area contributed by atoms with E-state index in [4.69, 9.17) is 9.47 Å². The van der Waals surface area contributed by atoms with Gasteiger partial charge in [-0.1, -0.05) is 11.3 Å². The van der Waals surface area contributed by atoms with E-state index < -0.39 is 51.9 Å². The number of esters is 2. The summed E-state index contributed by atoms with van der Waals surface area (Å²) in [4.78, 5) is 37.9. The van der Waals surface area contributed by atoms with Gasteiger partial charge in [0.05, 0.1) is 10.9 Å². The van der Waals surface area contributed by atoms with Gasteiger partial charge in [-0.05, 0) is 60.1 Å². The minimum Gasteiger partial charge on any atom is -0.459 e. The number of hydrogen-bond acceptors (Lipinski definition) is 7. The van der Waals surface area contributed by atoms with E-state index in [0.29, 0.717) is 0 Å². The molecule has 2 aromatic rings. The molecular formula is C21H26F3N3O5. The lowest BCUT2D eigenvalue weighted by Crippen LogP contribution is -2.38. The van der Waals surface area contributed by atoms with E-state index in [9.17, 15) is 27.6 Å². The highest BCUT2D eigenvalue weighted by atomic mass is 19.4. The summed E-state index contributed by atoms with van der Waals surface area (Å²) in [6, 6.07) is 3.11. The number of alkyl halides is 3. The van der Waals surface area contributed by atoms with Gasteiger partial charge in [-0.2, -0.15) is 13.2 Å². The van der Waals surface area contributed by atoms with Crippen LogP contribution in [0.2, 0.25) is 0 Å². The molecule has 0 aliphatic heterocycles. The van der Waals surface area contributed by atoms with Crippen molar-refractivity contribution >= 4 is 22.8 Å². The fraction of sp³-hybridized carbons (Fsp3) is 0.571. The average Bonchev–Trinajstić information content (AvgIpc) is 2.59. The number of aryl methyl sites for hydroxylation is 1. The maximum Gasteiger partial charge on any atom is 0.418 e. The molecule has 1 aromatic heterocycles. The summed E-state index contributed by atoms with van der Waals surface area (Å²) in [6.45, 7) is 9.54. The van der Waals surface area contributed by atoms with Crippen molar-refractivity contribution in [2.75, 3.05) is 0 Å². The minimum absolute atomic E-state index is 0.219. The first-order valence-corrected chi connectivity index (χ1v) is 9.89. The molecule has 1 aromatic carbocycles. The summed E-state index contributed by atoms with van der Waals surface area (Å²) in [5, 5.41) is 6.85. The second kappa shape index (κ2) is 8.87. The second-order valence-corrected chi connectivity index (χ2v) is 9.23. The van der Waals surface area contributed by atoms with E-state index in [1.807, 2.05) is 0 Å². The van der Waals surface area contributed by atoms with Crippen molar-refractivity contribution in [2.24, 2.45) is 5.92 Å². The molecule has 32 heavy (non-hydrogen) atoms. The Morgan fingerprint density at radius 1 is 1.00 bits per heavy atom. The number of carbonyl (C=O) groups excluding carboxylic acids is 2. The Hall–Kier alpha value is -2.98. The van der Waals surface area contributed by atoms with E-state index >= 15 is 0 Å². The van der Waals surface area contributed by atoms with Crippen LogP contribution in [0.4, 0.5) is 13.2 Å². The Bertz CT molecular complexity index is 1040. The lowest BCUT2D eigenvalue weighted by Gasteiger charge is -2.26. The van der Waals surface area contributed by atoms with Crippen molar-refractivity contribution in [3.05, 3.63) is 34.1 Å². The predicted molar refractivity (Wildman–Crippen MR) is 109 cm³/mol. The number of halogens is 3. The third kappa shape index (κ3) is 6.51. The zero-order valence-corrected chi connectivity index (χ0v) is 18.7. The van der Waals surface area contributed by atoms with Crippen molar-refractivity contribution in [1.82, 2.24) is 15.0 Å². The molecule has 8 nitrogen and oxygen atoms in total. The number of fused-ring (bicyclic) bond motifs is 1. The van der Waals surface area contributed by atoms with E-state index in [1.54, 1.807) is 41.5 Å². The summed E-state index contributed by atoms with van der Waals surface area (Å²) >= 11 is 0. The number of hydrogen-bond donors (Lipinski definition) is 0. The van der Waals surface area contributed by atoms with Crippen molar-refractivity contribution < 1.29 is 32.2 Å². The fourth-order valence-electron chi connectivity index (χ4n) is 2.81. The number of rotatable bonds is 5. The summed E-state index contributed by atoms with van der Waals surface area (Å²) in [7, 11) is 0. The molecular weight excluding hydrogens is 431 g/mol. The molecule has 0 amide bonds. The van der Waals surface area contributed by atoms with Crippen LogP contribution in [0.1, 0.15) is 53.5 Å². The number of ether oxygens (including phenoxy) is 2. The van der Waals surface area contributed by atoms with Crippen LogP contribution in [0.25, 0.3) is 10.9 Å². The van der Waals surface area contributed by atoms with Crippen LogP contribution in [-0.2, 0) is 31.8 Å². The predicted octanol–water partition coefficient (Wildman–Crippen LogP) is 3.50. The van der Waals surface area contributed by atoms with Gasteiger partial charge in [0, 0.05) is 6.54 Å². The van der Waals surface area contributed by atoms with E-state index in [1.165, 1.54) is 6.07 Å². The molecule has 0 bridgehead atoms. The highest BCUT2D eigenvalue weighted by Crippen LogP contribution is 2.32. The molecule has 0 spiro atoms. The third-order valence-corrected chi connectivity index (χ3v) is 4.07. The van der Waals surface area contributed by atoms with Gasteiger partial charge in [0.2, 0.25) is 0 Å². The summed E-state index contributed by atoms with van der Waals surface area (Å²) in [6.07, 6.45) is -4.92. The smallest absolute Gasteiger partial charge is 0.418 e. The normalized spacial score (nSPS) is 12.8. The SMILES string of the molecule is CC(C)(C)OC(=O)C(CCn1nnc2c(C(F)(F)F)cccc2c1=O)C(=O)OC(C)(C)C. The monoisotopic (exact) mass is 457 g/mol. The molecule has 2 rings (SSSR count). The van der Waals surface area contributed by atoms with Gasteiger partial charge in [-0.15, -0.1) is 5.10 Å². The number of carbonyl (C=O) groups is 2. The Kier molecular flexibility index (Phi) is 7.01. The van der Waals surface area contributed by atoms with Crippen LogP contribution in [0.15, 0.2) is 23.0 Å². The molecule has 0 atom stereocenters. The molecule has 0 fully saturated rings. The zero-order valence-electron chi connectivity index (χ0n) is 18.7. The molecule has 11 heteroatoms. The van der Waals surface area contributed by atoms with Gasteiger partial charge in [0.15, 0.2) is 5.92 Å². The lowest BCUT2D eigenvalue weighted by atomic mass is 10.0. The molecule has 0 radical (unpaired) electrons. The van der Waals surface area contributed by atoms with Gasteiger partial charge < -0.3 is 9.47 Å². The van der Waals surface area contributed by atoms with Crippen LogP contribution >= 0.6 is 0 Å². The number of nitrogens with zero attached hydrogens (tertiary/aromatic N) is 3. The Morgan fingerprint density at radius 3 is 2.00 bits per heavy atom. The largest absolute Gasteiger partial charge is 0.459 e. The van der Waals surface area contributed by atoms with Gasteiger partial charge >= 0.3 is 18.1 Å². The van der Waals surface area contributed by atoms with Gasteiger partial charge in [0.25, 0.3) is 5.56 Å². The molecule has 0 aliphatic carbocycles. The maximum atomic E-state index is 13.2. The topological polar surface area (TPSA) is 100 Å². The maximum absolute atomic E-state index is 13.2. The summed E-state index contributed by atoms with van der Waals surface area (Å²) < 4.78 is 50.9. The Balaban J connectivity index is 2.36. The van der Waals surface area contributed by atoms with Crippen molar-refractivity contribution in [3.63, 3.8) is 0 Å². The molecule has 0 saturated carbocycles. The molecule has 0 aliphatic rings. The summed E-state index contributed by atoms with van der Waals surface area (Å²) in [5.74, 6) is -3.04. The van der Waals surface area contributed by atoms with Crippen molar-refractivity contribution in [3.8, 4) is 0 Å². The second-order valence-electron chi connectivity index (χ2n) is 9.23. The van der Waals surface area contributed by atoms with Crippen LogP contribution < -0.4 is 5.56 Å². The van der Waals surface area contributed by atoms with Crippen LogP contribution in [-0.4, -0.2) is 38.1 Å². The van der Waals surface area contributed by atoms with E-state index in [2.05, 4.69) is 10.3 Å². The van der Waals surface area contributed by atoms with Gasteiger partial charge in [-0.3, -0.25) is 14.4 Å². The van der Waals surface area contributed by atoms with Crippen molar-refractivity contribution in [1.29, 1.82) is 0 Å². The minimum atomic E-state index is -4.70. The van der Waals surface area contributed by atoms with Gasteiger partial charge in [-0.25, -0.2) is 4.68 Å². The Morgan fingerprint density at radius 2 is 1.53 bits per heavy atom. The summed E-state index contributed by atoms with van der Waals surface area (Å²) in [5.41, 5.74) is -4.21. The first-order valence-electron chi connectivity index (χ1n) is 9.89. The third-order valence-electron chi connectivity index (χ3n) is 4.07. The Labute approximate surface area is 182 Å². The van der Waals surface area contributed by atoms with Crippen LogP contribution in [0.3, 0.4) is 0 Å². The molecule has 0 unspecified atom stereocenters. The van der Waals surface area contributed by atoms with E-state index in [0.717, 1.165) is 16.8 Å².